The van der Waals surface area contributed by atoms with Crippen molar-refractivity contribution in [3.8, 4) is 0 Å². The van der Waals surface area contributed by atoms with E-state index in [4.69, 9.17) is 11.6 Å². The summed E-state index contributed by atoms with van der Waals surface area (Å²) in [5.74, 6) is 0.947. The van der Waals surface area contributed by atoms with Gasteiger partial charge in [-0.05, 0) is 57.0 Å². The molecule has 0 aromatic heterocycles. The van der Waals surface area contributed by atoms with Crippen molar-refractivity contribution in [2.24, 2.45) is 5.92 Å². The molecule has 1 fully saturated rings. The molecule has 0 spiro atoms. The number of carbonyl (C=O) groups excluding carboxylic acids is 1. The van der Waals surface area contributed by atoms with E-state index in [9.17, 15) is 4.79 Å². The highest BCUT2D eigenvalue weighted by molar-refractivity contribution is 6.30. The summed E-state index contributed by atoms with van der Waals surface area (Å²) in [6, 6.07) is 7.10. The molecule has 0 saturated heterocycles. The van der Waals surface area contributed by atoms with Crippen LogP contribution in [-0.2, 0) is 0 Å². The Morgan fingerprint density at radius 3 is 2.47 bits per heavy atom. The molecule has 1 atom stereocenters. The topological polar surface area (TPSA) is 20.3 Å². The third kappa shape index (κ3) is 3.80. The number of carbonyl (C=O) groups is 1. The summed E-state index contributed by atoms with van der Waals surface area (Å²) in [7, 11) is 2.05. The van der Waals surface area contributed by atoms with Crippen molar-refractivity contribution in [2.45, 2.75) is 38.6 Å². The molecule has 1 aliphatic rings. The largest absolute Gasteiger partial charge is 0.296 e. The van der Waals surface area contributed by atoms with Gasteiger partial charge in [0.1, 0.15) is 0 Å². The number of halogens is 1. The number of nitrogens with zero attached hydrogens (tertiary/aromatic N) is 1. The van der Waals surface area contributed by atoms with Crippen LogP contribution in [0.2, 0.25) is 5.02 Å². The number of hydrogen-bond donors (Lipinski definition) is 0. The lowest BCUT2D eigenvalue weighted by atomic mass is 10.0. The predicted octanol–water partition coefficient (Wildman–Crippen LogP) is 4.03. The Balaban J connectivity index is 1.95. The highest BCUT2D eigenvalue weighted by Gasteiger charge is 2.23. The van der Waals surface area contributed by atoms with Crippen LogP contribution in [0.3, 0.4) is 0 Å². The van der Waals surface area contributed by atoms with Crippen LogP contribution in [0.5, 0.6) is 0 Å². The van der Waals surface area contributed by atoms with Gasteiger partial charge in [0, 0.05) is 17.1 Å². The lowest BCUT2D eigenvalue weighted by molar-refractivity contribution is 0.0853. The number of benzene rings is 1. The molecule has 1 aliphatic carbocycles. The Kier molecular flexibility index (Phi) is 5.00. The van der Waals surface area contributed by atoms with E-state index in [0.29, 0.717) is 5.02 Å². The van der Waals surface area contributed by atoms with Gasteiger partial charge in [0.05, 0.1) is 6.04 Å². The first kappa shape index (κ1) is 14.5. The van der Waals surface area contributed by atoms with Gasteiger partial charge in [-0.25, -0.2) is 0 Å². The molecule has 0 bridgehead atoms. The van der Waals surface area contributed by atoms with Gasteiger partial charge >= 0.3 is 0 Å². The normalized spacial score (nSPS) is 17.9. The lowest BCUT2D eigenvalue weighted by Gasteiger charge is -2.26. The molecule has 1 aromatic rings. The van der Waals surface area contributed by atoms with E-state index in [2.05, 4.69) is 11.9 Å². The minimum absolute atomic E-state index is 0.0678. The number of Topliss-reactive ketones (excluding diaryl/α,β-unsaturated/α-hetero) is 1. The Morgan fingerprint density at radius 1 is 1.32 bits per heavy atom. The van der Waals surface area contributed by atoms with Crippen molar-refractivity contribution in [1.82, 2.24) is 4.90 Å². The van der Waals surface area contributed by atoms with Crippen LogP contribution in [0.1, 0.15) is 43.0 Å². The summed E-state index contributed by atoms with van der Waals surface area (Å²) in [5.41, 5.74) is 0.746. The first-order chi connectivity index (χ1) is 9.08. The van der Waals surface area contributed by atoms with Crippen LogP contribution in [0, 0.1) is 5.92 Å². The van der Waals surface area contributed by atoms with Crippen LogP contribution < -0.4 is 0 Å². The maximum atomic E-state index is 12.4. The summed E-state index contributed by atoms with van der Waals surface area (Å²) in [5, 5.41) is 0.670. The lowest BCUT2D eigenvalue weighted by Crippen LogP contribution is -2.38. The molecule has 1 saturated carbocycles. The standard InChI is InChI=1S/C16H22ClNO/c1-12(18(2)11-13-5-3-4-6-13)16(19)14-7-9-15(17)10-8-14/h7-10,12-13H,3-6,11H2,1-2H3. The first-order valence-electron chi connectivity index (χ1n) is 7.08. The molecule has 2 nitrogen and oxygen atoms in total. The van der Waals surface area contributed by atoms with E-state index in [1.54, 1.807) is 12.1 Å². The summed E-state index contributed by atoms with van der Waals surface area (Å²) in [6.45, 7) is 3.02. The molecule has 0 heterocycles. The minimum Gasteiger partial charge on any atom is -0.296 e. The number of hydrogen-bond acceptors (Lipinski definition) is 2. The Bertz CT molecular complexity index is 423. The average Bonchev–Trinajstić information content (AvgIpc) is 2.90. The zero-order valence-corrected chi connectivity index (χ0v) is 12.5. The van der Waals surface area contributed by atoms with E-state index in [-0.39, 0.29) is 11.8 Å². The summed E-state index contributed by atoms with van der Waals surface area (Å²) in [6.07, 6.45) is 5.31. The fraction of sp³-hybridized carbons (Fsp3) is 0.562. The molecule has 19 heavy (non-hydrogen) atoms. The van der Waals surface area contributed by atoms with Crippen LogP contribution >= 0.6 is 11.6 Å². The predicted molar refractivity (Wildman–Crippen MR) is 79.8 cm³/mol. The second-order valence-electron chi connectivity index (χ2n) is 5.64. The number of rotatable bonds is 5. The zero-order chi connectivity index (χ0) is 13.8. The molecule has 2 rings (SSSR count). The number of likely N-dealkylation sites (N-methyl/N-ethyl adjacent to an activating group) is 1. The van der Waals surface area contributed by atoms with Crippen LogP contribution in [0.15, 0.2) is 24.3 Å². The summed E-state index contributed by atoms with van der Waals surface area (Å²) >= 11 is 5.85. The minimum atomic E-state index is -0.0678. The van der Waals surface area contributed by atoms with Crippen molar-refractivity contribution < 1.29 is 4.79 Å². The van der Waals surface area contributed by atoms with E-state index >= 15 is 0 Å². The van der Waals surface area contributed by atoms with Crippen LogP contribution in [-0.4, -0.2) is 30.3 Å². The van der Waals surface area contributed by atoms with Crippen LogP contribution in [0.4, 0.5) is 0 Å². The SMILES string of the molecule is CC(C(=O)c1ccc(Cl)cc1)N(C)CC1CCCC1. The van der Waals surface area contributed by atoms with E-state index < -0.39 is 0 Å². The monoisotopic (exact) mass is 279 g/mol. The third-order valence-electron chi connectivity index (χ3n) is 4.19. The van der Waals surface area contributed by atoms with Crippen molar-refractivity contribution in [3.63, 3.8) is 0 Å². The molecule has 104 valence electrons. The van der Waals surface area contributed by atoms with E-state index in [1.807, 2.05) is 19.1 Å². The number of ketones is 1. The highest BCUT2D eigenvalue weighted by Crippen LogP contribution is 2.26. The summed E-state index contributed by atoms with van der Waals surface area (Å²) in [4.78, 5) is 14.6. The van der Waals surface area contributed by atoms with Gasteiger partial charge in [-0.2, -0.15) is 0 Å². The quantitative estimate of drug-likeness (QED) is 0.759. The average molecular weight is 280 g/mol. The molecule has 3 heteroatoms. The fourth-order valence-corrected chi connectivity index (χ4v) is 2.94. The van der Waals surface area contributed by atoms with Crippen molar-refractivity contribution in [2.75, 3.05) is 13.6 Å². The maximum Gasteiger partial charge on any atom is 0.179 e. The molecular formula is C16H22ClNO. The molecule has 0 amide bonds. The van der Waals surface area contributed by atoms with E-state index in [0.717, 1.165) is 18.0 Å². The van der Waals surface area contributed by atoms with Crippen molar-refractivity contribution >= 4 is 17.4 Å². The maximum absolute atomic E-state index is 12.4. The molecule has 1 unspecified atom stereocenters. The van der Waals surface area contributed by atoms with Gasteiger partial charge in [0.15, 0.2) is 5.78 Å². The van der Waals surface area contributed by atoms with Crippen molar-refractivity contribution in [1.29, 1.82) is 0 Å². The Labute approximate surface area is 120 Å². The Morgan fingerprint density at radius 2 is 1.89 bits per heavy atom. The van der Waals surface area contributed by atoms with Gasteiger partial charge in [-0.3, -0.25) is 9.69 Å². The molecular weight excluding hydrogens is 258 g/mol. The van der Waals surface area contributed by atoms with Crippen molar-refractivity contribution in [3.05, 3.63) is 34.9 Å². The zero-order valence-electron chi connectivity index (χ0n) is 11.7. The third-order valence-corrected chi connectivity index (χ3v) is 4.44. The molecule has 0 aliphatic heterocycles. The summed E-state index contributed by atoms with van der Waals surface area (Å²) < 4.78 is 0. The van der Waals surface area contributed by atoms with Gasteiger partial charge in [-0.1, -0.05) is 24.4 Å². The smallest absolute Gasteiger partial charge is 0.179 e. The van der Waals surface area contributed by atoms with Crippen LogP contribution in [0.25, 0.3) is 0 Å². The fourth-order valence-electron chi connectivity index (χ4n) is 2.81. The van der Waals surface area contributed by atoms with Gasteiger partial charge in [-0.15, -0.1) is 0 Å². The van der Waals surface area contributed by atoms with Gasteiger partial charge in [0.2, 0.25) is 0 Å². The molecule has 1 aromatic carbocycles. The first-order valence-corrected chi connectivity index (χ1v) is 7.45. The van der Waals surface area contributed by atoms with Gasteiger partial charge < -0.3 is 0 Å². The van der Waals surface area contributed by atoms with Gasteiger partial charge in [0.25, 0.3) is 0 Å². The molecule has 0 N–H and O–H groups in total. The Hall–Kier alpha value is -0.860. The second kappa shape index (κ2) is 6.53. The molecule has 0 radical (unpaired) electrons. The second-order valence-corrected chi connectivity index (χ2v) is 6.07. The van der Waals surface area contributed by atoms with E-state index in [1.165, 1.54) is 25.7 Å². The highest BCUT2D eigenvalue weighted by atomic mass is 35.5.